The Hall–Kier alpha value is -0.660. The molecule has 0 bridgehead atoms. The van der Waals surface area contributed by atoms with Crippen molar-refractivity contribution in [1.29, 1.82) is 0 Å². The zero-order valence-corrected chi connectivity index (χ0v) is 11.3. The first-order valence-electron chi connectivity index (χ1n) is 5.19. The van der Waals surface area contributed by atoms with E-state index in [2.05, 4.69) is 20.9 Å². The van der Waals surface area contributed by atoms with Gasteiger partial charge in [0.25, 0.3) is 0 Å². The van der Waals surface area contributed by atoms with E-state index in [0.717, 1.165) is 6.20 Å². The molecule has 0 aliphatic carbocycles. The maximum Gasteiger partial charge on any atom is 0.424 e. The number of nitrogens with zero attached hydrogens (tertiary/aromatic N) is 1. The molecule has 1 fully saturated rings. The minimum atomic E-state index is -4.57. The van der Waals surface area contributed by atoms with Crippen LogP contribution in [0.2, 0.25) is 0 Å². The Morgan fingerprint density at radius 3 is 2.39 bits per heavy atom. The zero-order valence-electron chi connectivity index (χ0n) is 9.71. The van der Waals surface area contributed by atoms with Crippen molar-refractivity contribution in [2.45, 2.75) is 31.4 Å². The Bertz CT molecular complexity index is 447. The number of rotatable bonds is 1. The number of halogens is 4. The second kappa shape index (κ2) is 4.18. The van der Waals surface area contributed by atoms with Crippen LogP contribution >= 0.6 is 15.9 Å². The monoisotopic (exact) mass is 325 g/mol. The van der Waals surface area contributed by atoms with E-state index in [1.807, 2.05) is 0 Å². The third-order valence-corrected chi connectivity index (χ3v) is 3.16. The molecule has 1 aliphatic heterocycles. The summed E-state index contributed by atoms with van der Waals surface area (Å²) in [5.41, 5.74) is -2.52. The smallest absolute Gasteiger partial charge is 0.347 e. The lowest BCUT2D eigenvalue weighted by Crippen LogP contribution is -2.45. The SMILES string of the molecule is CC1(C)OCC(c2ccc(Br)nc2)(C(F)(F)F)O1. The van der Waals surface area contributed by atoms with Crippen LogP contribution in [0, 0.1) is 0 Å². The number of hydrogen-bond donors (Lipinski definition) is 0. The van der Waals surface area contributed by atoms with E-state index < -0.39 is 24.2 Å². The van der Waals surface area contributed by atoms with E-state index in [0.29, 0.717) is 4.60 Å². The molecule has 2 heterocycles. The molecule has 0 amide bonds. The van der Waals surface area contributed by atoms with Gasteiger partial charge in [-0.05, 0) is 35.8 Å². The fourth-order valence-corrected chi connectivity index (χ4v) is 2.05. The third-order valence-electron chi connectivity index (χ3n) is 2.69. The zero-order chi connectivity index (χ0) is 13.6. The fourth-order valence-electron chi connectivity index (χ4n) is 1.81. The number of hydrogen-bond acceptors (Lipinski definition) is 3. The molecule has 2 rings (SSSR count). The van der Waals surface area contributed by atoms with Crippen LogP contribution in [-0.2, 0) is 15.1 Å². The highest BCUT2D eigenvalue weighted by atomic mass is 79.9. The van der Waals surface area contributed by atoms with Crippen molar-refractivity contribution in [3.05, 3.63) is 28.5 Å². The average molecular weight is 326 g/mol. The largest absolute Gasteiger partial charge is 0.424 e. The molecule has 1 aliphatic rings. The maximum atomic E-state index is 13.3. The van der Waals surface area contributed by atoms with Crippen molar-refractivity contribution in [2.75, 3.05) is 6.61 Å². The molecule has 1 atom stereocenters. The molecule has 1 aromatic heterocycles. The minimum Gasteiger partial charge on any atom is -0.347 e. The van der Waals surface area contributed by atoms with E-state index in [1.165, 1.54) is 26.0 Å². The summed E-state index contributed by atoms with van der Waals surface area (Å²) in [6.45, 7) is 2.33. The van der Waals surface area contributed by atoms with Gasteiger partial charge in [-0.15, -0.1) is 0 Å². The van der Waals surface area contributed by atoms with Crippen LogP contribution in [0.5, 0.6) is 0 Å². The normalized spacial score (nSPS) is 27.4. The van der Waals surface area contributed by atoms with Crippen molar-refractivity contribution < 1.29 is 22.6 Å². The van der Waals surface area contributed by atoms with Gasteiger partial charge in [0, 0.05) is 11.8 Å². The van der Waals surface area contributed by atoms with E-state index in [1.54, 1.807) is 0 Å². The van der Waals surface area contributed by atoms with Gasteiger partial charge in [-0.2, -0.15) is 13.2 Å². The topological polar surface area (TPSA) is 31.4 Å². The summed E-state index contributed by atoms with van der Waals surface area (Å²) in [5, 5.41) is 0. The van der Waals surface area contributed by atoms with Crippen LogP contribution in [0.25, 0.3) is 0 Å². The van der Waals surface area contributed by atoms with E-state index in [9.17, 15) is 13.2 Å². The predicted molar refractivity (Wildman–Crippen MR) is 60.8 cm³/mol. The molecular formula is C11H11BrF3NO2. The standard InChI is InChI=1S/C11H11BrF3NO2/c1-9(2)17-6-10(18-9,11(13,14)15)7-3-4-8(12)16-5-7/h3-5H,6H2,1-2H3. The molecule has 1 saturated heterocycles. The van der Waals surface area contributed by atoms with Crippen molar-refractivity contribution >= 4 is 15.9 Å². The molecule has 0 radical (unpaired) electrons. The summed E-state index contributed by atoms with van der Waals surface area (Å²) in [6, 6.07) is 2.77. The van der Waals surface area contributed by atoms with Gasteiger partial charge in [0.15, 0.2) is 5.79 Å². The Morgan fingerprint density at radius 1 is 1.33 bits per heavy atom. The van der Waals surface area contributed by atoms with Gasteiger partial charge in [0.05, 0.1) is 6.61 Å². The molecule has 1 unspecified atom stereocenters. The van der Waals surface area contributed by atoms with Gasteiger partial charge in [-0.3, -0.25) is 0 Å². The minimum absolute atomic E-state index is 0.0659. The van der Waals surface area contributed by atoms with Gasteiger partial charge in [0.1, 0.15) is 4.60 Å². The van der Waals surface area contributed by atoms with E-state index in [4.69, 9.17) is 9.47 Å². The summed E-state index contributed by atoms with van der Waals surface area (Å²) in [5.74, 6) is -1.28. The maximum absolute atomic E-state index is 13.3. The van der Waals surface area contributed by atoms with Crippen molar-refractivity contribution in [2.24, 2.45) is 0 Å². The molecule has 0 spiro atoms. The predicted octanol–water partition coefficient (Wildman–Crippen LogP) is 3.38. The second-order valence-corrected chi connectivity index (χ2v) is 5.30. The van der Waals surface area contributed by atoms with Crippen molar-refractivity contribution in [1.82, 2.24) is 4.98 Å². The molecule has 100 valence electrons. The highest BCUT2D eigenvalue weighted by molar-refractivity contribution is 9.10. The van der Waals surface area contributed by atoms with Crippen LogP contribution in [0.3, 0.4) is 0 Å². The highest BCUT2D eigenvalue weighted by Crippen LogP contribution is 2.49. The summed E-state index contributed by atoms with van der Waals surface area (Å²) in [6.07, 6.45) is -3.43. The molecule has 18 heavy (non-hydrogen) atoms. The lowest BCUT2D eigenvalue weighted by Gasteiger charge is -2.31. The Kier molecular flexibility index (Phi) is 3.19. The number of alkyl halides is 3. The number of aromatic nitrogens is 1. The second-order valence-electron chi connectivity index (χ2n) is 4.48. The molecule has 0 saturated carbocycles. The molecule has 7 heteroatoms. The fraction of sp³-hybridized carbons (Fsp3) is 0.545. The number of ether oxygens (including phenoxy) is 2. The first kappa shape index (κ1) is 13.8. The van der Waals surface area contributed by atoms with E-state index >= 15 is 0 Å². The Balaban J connectivity index is 2.48. The Morgan fingerprint density at radius 2 is 2.00 bits per heavy atom. The Labute approximate surface area is 110 Å². The summed E-state index contributed by atoms with van der Waals surface area (Å²) in [4.78, 5) is 3.81. The van der Waals surface area contributed by atoms with E-state index in [-0.39, 0.29) is 5.56 Å². The van der Waals surface area contributed by atoms with Crippen LogP contribution in [0.1, 0.15) is 19.4 Å². The molecule has 1 aromatic rings. The summed E-state index contributed by atoms with van der Waals surface area (Å²) < 4.78 is 50.6. The van der Waals surface area contributed by atoms with Crippen molar-refractivity contribution in [3.8, 4) is 0 Å². The molecular weight excluding hydrogens is 315 g/mol. The molecule has 3 nitrogen and oxygen atoms in total. The lowest BCUT2D eigenvalue weighted by molar-refractivity contribution is -0.289. The summed E-state index contributed by atoms with van der Waals surface area (Å²) in [7, 11) is 0. The van der Waals surface area contributed by atoms with Crippen LogP contribution in [-0.4, -0.2) is 23.6 Å². The summed E-state index contributed by atoms with van der Waals surface area (Å²) >= 11 is 3.08. The van der Waals surface area contributed by atoms with Crippen molar-refractivity contribution in [3.63, 3.8) is 0 Å². The van der Waals surface area contributed by atoms with Gasteiger partial charge < -0.3 is 9.47 Å². The van der Waals surface area contributed by atoms with Gasteiger partial charge in [-0.25, -0.2) is 4.98 Å². The van der Waals surface area contributed by atoms with Crippen LogP contribution < -0.4 is 0 Å². The van der Waals surface area contributed by atoms with Crippen LogP contribution in [0.15, 0.2) is 22.9 Å². The van der Waals surface area contributed by atoms with Gasteiger partial charge in [-0.1, -0.05) is 6.07 Å². The quantitative estimate of drug-likeness (QED) is 0.742. The van der Waals surface area contributed by atoms with Gasteiger partial charge in [0.2, 0.25) is 5.60 Å². The first-order chi connectivity index (χ1) is 8.16. The third kappa shape index (κ3) is 2.26. The first-order valence-corrected chi connectivity index (χ1v) is 5.98. The lowest BCUT2D eigenvalue weighted by atomic mass is 9.95. The van der Waals surface area contributed by atoms with Gasteiger partial charge >= 0.3 is 6.18 Å². The molecule has 0 aromatic carbocycles. The number of pyridine rings is 1. The van der Waals surface area contributed by atoms with Crippen LogP contribution in [0.4, 0.5) is 13.2 Å². The average Bonchev–Trinajstić information content (AvgIpc) is 2.56. The molecule has 0 N–H and O–H groups in total. The highest BCUT2D eigenvalue weighted by Gasteiger charge is 2.64.